The van der Waals surface area contributed by atoms with Gasteiger partial charge in [0.1, 0.15) is 5.52 Å². The Hall–Kier alpha value is -3.63. The first-order chi connectivity index (χ1) is 12.7. The molecule has 6 heteroatoms. The van der Waals surface area contributed by atoms with Crippen LogP contribution in [0.25, 0.3) is 38.4 Å². The fraction of sp³-hybridized carbons (Fsp3) is 0.100. The molecule has 0 saturated heterocycles. The summed E-state index contributed by atoms with van der Waals surface area (Å²) in [4.78, 5) is 30.0. The summed E-state index contributed by atoms with van der Waals surface area (Å²) in [5, 5.41) is 1.90. The number of carbonyl (C=O) groups excluding carboxylic acids is 1. The molecule has 5 aromatic rings. The number of aryl methyl sites for hydroxylation is 1. The van der Waals surface area contributed by atoms with Crippen LogP contribution in [-0.4, -0.2) is 20.0 Å². The van der Waals surface area contributed by atoms with Gasteiger partial charge >= 0.3 is 0 Å². The number of rotatable bonds is 2. The van der Waals surface area contributed by atoms with Crippen molar-refractivity contribution >= 4 is 50.1 Å². The molecule has 6 nitrogen and oxygen atoms in total. The second-order valence-electron chi connectivity index (χ2n) is 6.22. The van der Waals surface area contributed by atoms with Crippen molar-refractivity contribution in [2.45, 2.75) is 13.5 Å². The molecule has 0 aliphatic heterocycles. The van der Waals surface area contributed by atoms with Gasteiger partial charge < -0.3 is 14.0 Å². The summed E-state index contributed by atoms with van der Waals surface area (Å²) in [6, 6.07) is 13.4. The summed E-state index contributed by atoms with van der Waals surface area (Å²) in [5.74, 6) is 0. The Morgan fingerprint density at radius 3 is 2.69 bits per heavy atom. The van der Waals surface area contributed by atoms with Crippen molar-refractivity contribution in [3.05, 3.63) is 59.0 Å². The third kappa shape index (κ3) is 1.79. The van der Waals surface area contributed by atoms with E-state index >= 15 is 0 Å². The van der Waals surface area contributed by atoms with Crippen LogP contribution in [0.5, 0.6) is 0 Å². The van der Waals surface area contributed by atoms with E-state index in [1.165, 1.54) is 0 Å². The second-order valence-corrected chi connectivity index (χ2v) is 6.22. The Labute approximate surface area is 147 Å². The molecule has 5 rings (SSSR count). The van der Waals surface area contributed by atoms with Crippen molar-refractivity contribution in [3.8, 4) is 0 Å². The first kappa shape index (κ1) is 14.7. The van der Waals surface area contributed by atoms with Gasteiger partial charge in [0, 0.05) is 29.0 Å². The molecule has 26 heavy (non-hydrogen) atoms. The maximum absolute atomic E-state index is 12.5. The van der Waals surface area contributed by atoms with E-state index in [0.717, 1.165) is 39.4 Å². The molecular weight excluding hydrogens is 328 g/mol. The third-order valence-corrected chi connectivity index (χ3v) is 4.96. The molecule has 0 bridgehead atoms. The van der Waals surface area contributed by atoms with E-state index in [4.69, 9.17) is 0 Å². The van der Waals surface area contributed by atoms with E-state index < -0.39 is 0 Å². The van der Waals surface area contributed by atoms with E-state index in [-0.39, 0.29) is 5.56 Å². The van der Waals surface area contributed by atoms with Gasteiger partial charge in [0.15, 0.2) is 0 Å². The van der Waals surface area contributed by atoms with Gasteiger partial charge in [-0.15, -0.1) is 0 Å². The molecule has 0 aliphatic carbocycles. The smallest absolute Gasteiger partial charge is 0.272 e. The lowest BCUT2D eigenvalue weighted by molar-refractivity contribution is 0.565. The van der Waals surface area contributed by atoms with Crippen LogP contribution in [0.2, 0.25) is 0 Å². The highest BCUT2D eigenvalue weighted by atomic mass is 16.1. The summed E-state index contributed by atoms with van der Waals surface area (Å²) in [6.07, 6.45) is 3.48. The predicted molar refractivity (Wildman–Crippen MR) is 102 cm³/mol. The van der Waals surface area contributed by atoms with E-state index in [1.54, 1.807) is 18.2 Å². The highest BCUT2D eigenvalue weighted by molar-refractivity contribution is 6.19. The largest absolute Gasteiger partial charge is 0.341 e. The van der Waals surface area contributed by atoms with Crippen molar-refractivity contribution in [1.82, 2.24) is 14.0 Å². The van der Waals surface area contributed by atoms with Crippen LogP contribution in [0, 0.1) is 0 Å². The molecule has 0 atom stereocenters. The average molecular weight is 342 g/mol. The Morgan fingerprint density at radius 1 is 1.08 bits per heavy atom. The number of aromatic amines is 1. The number of nitrogens with zero attached hydrogens (tertiary/aromatic N) is 3. The number of aromatic nitrogens is 3. The lowest BCUT2D eigenvalue weighted by Gasteiger charge is -2.06. The second kappa shape index (κ2) is 5.18. The van der Waals surface area contributed by atoms with Crippen LogP contribution < -0.4 is 5.56 Å². The van der Waals surface area contributed by atoms with Gasteiger partial charge in [-0.25, -0.2) is 4.79 Å². The van der Waals surface area contributed by atoms with Gasteiger partial charge in [-0.1, -0.05) is 0 Å². The lowest BCUT2D eigenvalue weighted by Crippen LogP contribution is -2.09. The Balaban J connectivity index is 2.09. The quantitative estimate of drug-likeness (QED) is 0.391. The number of fused-ring (bicyclic) bond motifs is 7. The molecule has 0 spiro atoms. The standard InChI is InChI=1S/C20H14N4O2/c1-2-23-14-6-5-12(21-11-25)10-13(14)18-15(23)7-8-16-19(18)22-20(26)17-4-3-9-24(16)17/h3-10H,2H2,1H3,(H,22,26). The highest BCUT2D eigenvalue weighted by Gasteiger charge is 2.15. The first-order valence-corrected chi connectivity index (χ1v) is 8.39. The number of nitrogens with one attached hydrogen (secondary N) is 1. The minimum Gasteiger partial charge on any atom is -0.341 e. The molecule has 2 aromatic carbocycles. The van der Waals surface area contributed by atoms with Crippen LogP contribution in [-0.2, 0) is 11.3 Å². The zero-order chi connectivity index (χ0) is 17.8. The van der Waals surface area contributed by atoms with Crippen LogP contribution in [0.3, 0.4) is 0 Å². The molecule has 3 aromatic heterocycles. The SMILES string of the molecule is CCn1c2ccc(N=C=O)cc2c2c3[nH]c(=O)c4cccn4c3ccc21. The van der Waals surface area contributed by atoms with Gasteiger partial charge in [0.2, 0.25) is 6.08 Å². The fourth-order valence-corrected chi connectivity index (χ4v) is 3.91. The highest BCUT2D eigenvalue weighted by Crippen LogP contribution is 2.35. The molecular formula is C20H14N4O2. The zero-order valence-electron chi connectivity index (χ0n) is 14.0. The zero-order valence-corrected chi connectivity index (χ0v) is 14.0. The van der Waals surface area contributed by atoms with Gasteiger partial charge in [-0.05, 0) is 49.4 Å². The third-order valence-electron chi connectivity index (χ3n) is 4.96. The Bertz CT molecular complexity index is 1450. The van der Waals surface area contributed by atoms with E-state index in [1.807, 2.05) is 34.9 Å². The number of hydrogen-bond donors (Lipinski definition) is 1. The van der Waals surface area contributed by atoms with E-state index in [0.29, 0.717) is 11.2 Å². The van der Waals surface area contributed by atoms with Gasteiger partial charge in [-0.3, -0.25) is 4.79 Å². The van der Waals surface area contributed by atoms with E-state index in [2.05, 4.69) is 27.5 Å². The maximum atomic E-state index is 12.5. The van der Waals surface area contributed by atoms with E-state index in [9.17, 15) is 9.59 Å². The molecule has 1 N–H and O–H groups in total. The molecule has 0 radical (unpaired) electrons. The molecule has 0 unspecified atom stereocenters. The molecule has 0 fully saturated rings. The number of benzene rings is 2. The summed E-state index contributed by atoms with van der Waals surface area (Å²) < 4.78 is 4.09. The molecule has 0 saturated carbocycles. The summed E-state index contributed by atoms with van der Waals surface area (Å²) in [6.45, 7) is 2.87. The van der Waals surface area contributed by atoms with Crippen LogP contribution in [0.1, 0.15) is 6.92 Å². The minimum atomic E-state index is -0.130. The predicted octanol–water partition coefficient (Wildman–Crippen LogP) is 3.88. The van der Waals surface area contributed by atoms with Crippen molar-refractivity contribution in [1.29, 1.82) is 0 Å². The van der Waals surface area contributed by atoms with Crippen molar-refractivity contribution in [2.75, 3.05) is 0 Å². The van der Waals surface area contributed by atoms with Gasteiger partial charge in [-0.2, -0.15) is 4.99 Å². The monoisotopic (exact) mass is 342 g/mol. The van der Waals surface area contributed by atoms with Crippen LogP contribution >= 0.6 is 0 Å². The topological polar surface area (TPSA) is 71.6 Å². The van der Waals surface area contributed by atoms with Crippen LogP contribution in [0.15, 0.2) is 58.4 Å². The normalized spacial score (nSPS) is 11.6. The Kier molecular flexibility index (Phi) is 2.93. The minimum absolute atomic E-state index is 0.130. The first-order valence-electron chi connectivity index (χ1n) is 8.39. The van der Waals surface area contributed by atoms with Crippen molar-refractivity contribution in [2.24, 2.45) is 4.99 Å². The number of aliphatic imine (C=N–C) groups is 1. The molecule has 3 heterocycles. The summed E-state index contributed by atoms with van der Waals surface area (Å²) >= 11 is 0. The van der Waals surface area contributed by atoms with Crippen LogP contribution in [0.4, 0.5) is 5.69 Å². The number of isocyanates is 1. The maximum Gasteiger partial charge on any atom is 0.272 e. The number of hydrogen-bond acceptors (Lipinski definition) is 3. The van der Waals surface area contributed by atoms with Crippen molar-refractivity contribution in [3.63, 3.8) is 0 Å². The molecule has 126 valence electrons. The summed E-state index contributed by atoms with van der Waals surface area (Å²) in [7, 11) is 0. The van der Waals surface area contributed by atoms with Gasteiger partial charge in [0.05, 0.1) is 22.2 Å². The van der Waals surface area contributed by atoms with Gasteiger partial charge in [0.25, 0.3) is 5.56 Å². The van der Waals surface area contributed by atoms with Crippen molar-refractivity contribution < 1.29 is 4.79 Å². The average Bonchev–Trinajstić information content (AvgIpc) is 3.25. The lowest BCUT2D eigenvalue weighted by atomic mass is 10.1. The molecule has 0 amide bonds. The number of H-pyrrole nitrogens is 1. The molecule has 0 aliphatic rings. The Morgan fingerprint density at radius 2 is 1.88 bits per heavy atom. The fourth-order valence-electron chi connectivity index (χ4n) is 3.91. The summed E-state index contributed by atoms with van der Waals surface area (Å²) in [5.41, 5.74) is 4.80.